The molecule has 78 valence electrons. The molecule has 2 N–H and O–H groups in total. The minimum Gasteiger partial charge on any atom is -0.494 e. The number of nitrogens with two attached hydrogens (primary N) is 1. The van der Waals surface area contributed by atoms with Crippen molar-refractivity contribution in [1.82, 2.24) is 9.36 Å². The quantitative estimate of drug-likeness (QED) is 0.862. The molecule has 0 bridgehead atoms. The summed E-state index contributed by atoms with van der Waals surface area (Å²) in [6.45, 7) is 0. The second kappa shape index (κ2) is 4.16. The van der Waals surface area contributed by atoms with E-state index in [0.717, 1.165) is 10.6 Å². The van der Waals surface area contributed by atoms with Crippen molar-refractivity contribution in [3.8, 4) is 16.3 Å². The van der Waals surface area contributed by atoms with E-state index in [2.05, 4.69) is 25.3 Å². The van der Waals surface area contributed by atoms with Gasteiger partial charge in [0.25, 0.3) is 0 Å². The summed E-state index contributed by atoms with van der Waals surface area (Å²) in [5.74, 6) is 0.640. The number of methoxy groups -OCH3 is 1. The summed E-state index contributed by atoms with van der Waals surface area (Å²) in [7, 11) is 1.59. The largest absolute Gasteiger partial charge is 0.494 e. The number of aromatic nitrogens is 2. The highest BCUT2D eigenvalue weighted by molar-refractivity contribution is 9.10. The number of benzene rings is 1. The highest BCUT2D eigenvalue weighted by Crippen LogP contribution is 2.35. The molecule has 6 heteroatoms. The maximum atomic E-state index is 5.80. The van der Waals surface area contributed by atoms with Crippen LogP contribution in [0.15, 0.2) is 22.9 Å². The molecule has 15 heavy (non-hydrogen) atoms. The first kappa shape index (κ1) is 10.4. The predicted molar refractivity (Wildman–Crippen MR) is 64.0 cm³/mol. The molecule has 0 spiro atoms. The van der Waals surface area contributed by atoms with Crippen LogP contribution in [0.25, 0.3) is 10.6 Å². The molecule has 0 saturated carbocycles. The molecule has 0 aliphatic carbocycles. The molecule has 0 saturated heterocycles. The molecule has 1 aromatic heterocycles. The van der Waals surface area contributed by atoms with E-state index in [1.54, 1.807) is 13.2 Å². The zero-order valence-corrected chi connectivity index (χ0v) is 10.3. The maximum absolute atomic E-state index is 5.80. The number of nitrogen functional groups attached to an aromatic ring is 1. The highest BCUT2D eigenvalue weighted by atomic mass is 79.9. The first-order valence-corrected chi connectivity index (χ1v) is 5.71. The number of hydrogen-bond acceptors (Lipinski definition) is 5. The number of rotatable bonds is 2. The third kappa shape index (κ3) is 1.95. The van der Waals surface area contributed by atoms with Crippen molar-refractivity contribution < 1.29 is 4.74 Å². The average Bonchev–Trinajstić information content (AvgIpc) is 2.64. The van der Waals surface area contributed by atoms with Crippen molar-refractivity contribution in [3.05, 3.63) is 22.9 Å². The van der Waals surface area contributed by atoms with E-state index in [-0.39, 0.29) is 0 Å². The summed E-state index contributed by atoms with van der Waals surface area (Å²) in [5.41, 5.74) is 7.26. The summed E-state index contributed by atoms with van der Waals surface area (Å²) < 4.78 is 9.86. The van der Waals surface area contributed by atoms with E-state index >= 15 is 0 Å². The molecule has 0 atom stereocenters. The number of hydrogen-bond donors (Lipinski definition) is 1. The minimum absolute atomic E-state index is 0.576. The lowest BCUT2D eigenvalue weighted by atomic mass is 10.2. The van der Waals surface area contributed by atoms with E-state index in [1.807, 2.05) is 12.1 Å². The lowest BCUT2D eigenvalue weighted by molar-refractivity contribution is 0.418. The summed E-state index contributed by atoms with van der Waals surface area (Å²) in [6, 6.07) is 5.56. The first-order valence-electron chi connectivity index (χ1n) is 4.14. The summed E-state index contributed by atoms with van der Waals surface area (Å²) in [4.78, 5) is 4.22. The lowest BCUT2D eigenvalue weighted by Gasteiger charge is -2.07. The Morgan fingerprint density at radius 2 is 2.27 bits per heavy atom. The Bertz CT molecular complexity index is 486. The Kier molecular flexibility index (Phi) is 2.88. The zero-order chi connectivity index (χ0) is 10.8. The van der Waals surface area contributed by atoms with Crippen LogP contribution in [-0.2, 0) is 0 Å². The summed E-state index contributed by atoms with van der Waals surface area (Å²) >= 11 is 4.51. The van der Waals surface area contributed by atoms with Gasteiger partial charge in [0.15, 0.2) is 5.75 Å². The highest BCUT2D eigenvalue weighted by Gasteiger charge is 2.12. The Balaban J connectivity index is 2.57. The summed E-state index contributed by atoms with van der Waals surface area (Å²) in [6.07, 6.45) is 0. The fraction of sp³-hybridized carbons (Fsp3) is 0.111. The molecule has 1 aromatic carbocycles. The molecule has 0 unspecified atom stereocenters. The van der Waals surface area contributed by atoms with Crippen molar-refractivity contribution in [1.29, 1.82) is 0 Å². The van der Waals surface area contributed by atoms with Crippen LogP contribution in [0, 0.1) is 0 Å². The molecule has 0 aliphatic heterocycles. The van der Waals surface area contributed by atoms with Gasteiger partial charge < -0.3 is 10.5 Å². The van der Waals surface area contributed by atoms with E-state index in [4.69, 9.17) is 10.5 Å². The Labute approximate surface area is 99.4 Å². The monoisotopic (exact) mass is 285 g/mol. The van der Waals surface area contributed by atoms with Gasteiger partial charge in [-0.25, -0.2) is 4.98 Å². The second-order valence-electron chi connectivity index (χ2n) is 2.80. The predicted octanol–water partition coefficient (Wildman–Crippen LogP) is 2.56. The van der Waals surface area contributed by atoms with Gasteiger partial charge in [-0.15, -0.1) is 0 Å². The molecule has 4 nitrogen and oxygen atoms in total. The third-order valence-corrected chi connectivity index (χ3v) is 3.22. The Morgan fingerprint density at radius 1 is 1.47 bits per heavy atom. The van der Waals surface area contributed by atoms with Gasteiger partial charge in [-0.2, -0.15) is 4.37 Å². The van der Waals surface area contributed by atoms with Crippen molar-refractivity contribution >= 4 is 33.1 Å². The van der Waals surface area contributed by atoms with Gasteiger partial charge in [0, 0.05) is 0 Å². The van der Waals surface area contributed by atoms with Crippen LogP contribution >= 0.6 is 27.5 Å². The topological polar surface area (TPSA) is 61.0 Å². The number of halogens is 1. The van der Waals surface area contributed by atoms with E-state index < -0.39 is 0 Å². The van der Waals surface area contributed by atoms with Crippen LogP contribution in [0.1, 0.15) is 0 Å². The molecule has 0 aliphatic rings. The van der Waals surface area contributed by atoms with E-state index in [9.17, 15) is 0 Å². The number of anilines is 1. The standard InChI is InChI=1S/C9H8BrN3OS/c1-14-7-5(3-2-4-6(7)11)8-12-9(10)13-15-8/h2-4H,11H2,1H3. The van der Waals surface area contributed by atoms with Gasteiger partial charge in [-0.3, -0.25) is 0 Å². The van der Waals surface area contributed by atoms with Crippen molar-refractivity contribution in [2.75, 3.05) is 12.8 Å². The molecule has 2 aromatic rings. The molecule has 1 heterocycles. The van der Waals surface area contributed by atoms with Crippen LogP contribution in [0.4, 0.5) is 5.69 Å². The smallest absolute Gasteiger partial charge is 0.209 e. The molecular formula is C9H8BrN3OS. The normalized spacial score (nSPS) is 10.3. The molecule has 0 fully saturated rings. The molecule has 2 rings (SSSR count). The van der Waals surface area contributed by atoms with Gasteiger partial charge in [0.05, 0.1) is 18.4 Å². The second-order valence-corrected chi connectivity index (χ2v) is 4.26. The number of nitrogens with zero attached hydrogens (tertiary/aromatic N) is 2. The van der Waals surface area contributed by atoms with Crippen molar-refractivity contribution in [3.63, 3.8) is 0 Å². The van der Waals surface area contributed by atoms with Crippen LogP contribution in [-0.4, -0.2) is 16.5 Å². The van der Waals surface area contributed by atoms with Gasteiger partial charge in [-0.05, 0) is 39.6 Å². The lowest BCUT2D eigenvalue weighted by Crippen LogP contribution is -1.94. The SMILES string of the molecule is COc1c(N)cccc1-c1nc(Br)ns1. The van der Waals surface area contributed by atoms with Crippen molar-refractivity contribution in [2.45, 2.75) is 0 Å². The van der Waals surface area contributed by atoms with Crippen molar-refractivity contribution in [2.24, 2.45) is 0 Å². The van der Waals surface area contributed by atoms with Crippen LogP contribution in [0.2, 0.25) is 0 Å². The van der Waals surface area contributed by atoms with Gasteiger partial charge in [0.1, 0.15) is 5.01 Å². The van der Waals surface area contributed by atoms with Crippen LogP contribution in [0.3, 0.4) is 0 Å². The number of ether oxygens (including phenoxy) is 1. The molecule has 0 radical (unpaired) electrons. The molecular weight excluding hydrogens is 278 g/mol. The summed E-state index contributed by atoms with van der Waals surface area (Å²) in [5, 5.41) is 0.783. The maximum Gasteiger partial charge on any atom is 0.209 e. The van der Waals surface area contributed by atoms with Crippen LogP contribution < -0.4 is 10.5 Å². The zero-order valence-electron chi connectivity index (χ0n) is 7.90. The van der Waals surface area contributed by atoms with Gasteiger partial charge in [-0.1, -0.05) is 6.07 Å². The third-order valence-electron chi connectivity index (χ3n) is 1.88. The minimum atomic E-state index is 0.576. The molecule has 0 amide bonds. The van der Waals surface area contributed by atoms with Gasteiger partial charge in [0.2, 0.25) is 4.73 Å². The Morgan fingerprint density at radius 3 is 2.87 bits per heavy atom. The fourth-order valence-corrected chi connectivity index (χ4v) is 2.37. The number of para-hydroxylation sites is 1. The Hall–Kier alpha value is -1.14. The average molecular weight is 286 g/mol. The first-order chi connectivity index (χ1) is 7.22. The van der Waals surface area contributed by atoms with Crippen LogP contribution in [0.5, 0.6) is 5.75 Å². The van der Waals surface area contributed by atoms with Gasteiger partial charge >= 0.3 is 0 Å². The van der Waals surface area contributed by atoms with E-state index in [1.165, 1.54) is 11.5 Å². The fourth-order valence-electron chi connectivity index (χ4n) is 1.27. The van der Waals surface area contributed by atoms with E-state index in [0.29, 0.717) is 16.2 Å².